The molecule has 0 aromatic carbocycles. The van der Waals surface area contributed by atoms with Crippen LogP contribution in [0.1, 0.15) is 30.8 Å². The van der Waals surface area contributed by atoms with Crippen molar-refractivity contribution in [1.29, 1.82) is 0 Å². The van der Waals surface area contributed by atoms with E-state index in [-0.39, 0.29) is 5.60 Å². The highest BCUT2D eigenvalue weighted by Gasteiger charge is 2.42. The van der Waals surface area contributed by atoms with Gasteiger partial charge in [-0.2, -0.15) is 0 Å². The van der Waals surface area contributed by atoms with E-state index in [4.69, 9.17) is 16.3 Å². The maximum Gasteiger partial charge on any atom is 0.162 e. The third-order valence-electron chi connectivity index (χ3n) is 2.94. The van der Waals surface area contributed by atoms with Crippen molar-refractivity contribution < 1.29 is 4.74 Å². The van der Waals surface area contributed by atoms with Gasteiger partial charge >= 0.3 is 0 Å². The number of methoxy groups -OCH3 is 1. The van der Waals surface area contributed by atoms with Crippen molar-refractivity contribution in [2.75, 3.05) is 7.11 Å². The second-order valence-corrected chi connectivity index (χ2v) is 4.94. The van der Waals surface area contributed by atoms with E-state index in [1.54, 1.807) is 7.11 Å². The van der Waals surface area contributed by atoms with Gasteiger partial charge < -0.3 is 4.74 Å². The van der Waals surface area contributed by atoms with Crippen LogP contribution in [-0.4, -0.2) is 17.1 Å². The van der Waals surface area contributed by atoms with Crippen LogP contribution < -0.4 is 0 Å². The van der Waals surface area contributed by atoms with Crippen molar-refractivity contribution in [3.8, 4) is 0 Å². The molecule has 0 unspecified atom stereocenters. The fourth-order valence-corrected chi connectivity index (χ4v) is 2.14. The molecule has 1 heterocycles. The van der Waals surface area contributed by atoms with E-state index in [9.17, 15) is 0 Å². The Kier molecular flexibility index (Phi) is 3.01. The number of aromatic nitrogens is 2. The minimum absolute atomic E-state index is 0.297. The molecule has 0 spiro atoms. The van der Waals surface area contributed by atoms with Gasteiger partial charge in [-0.05, 0) is 42.1 Å². The smallest absolute Gasteiger partial charge is 0.162 e. The van der Waals surface area contributed by atoms with Gasteiger partial charge in [0.2, 0.25) is 0 Å². The fourth-order valence-electron chi connectivity index (χ4n) is 1.74. The Balaban J connectivity index is 2.45. The molecular weight excluding hydrogens is 279 g/mol. The molecule has 0 saturated heterocycles. The lowest BCUT2D eigenvalue weighted by atomic mass is 9.79. The van der Waals surface area contributed by atoms with Crippen LogP contribution >= 0.6 is 27.5 Å². The predicted molar refractivity (Wildman–Crippen MR) is 62.0 cm³/mol. The highest BCUT2D eigenvalue weighted by atomic mass is 79.9. The van der Waals surface area contributed by atoms with Crippen molar-refractivity contribution in [3.63, 3.8) is 0 Å². The number of ether oxygens (including phenoxy) is 1. The molecule has 82 valence electrons. The van der Waals surface area contributed by atoms with Crippen molar-refractivity contribution in [2.45, 2.75) is 31.8 Å². The summed E-state index contributed by atoms with van der Waals surface area (Å²) in [6.07, 6.45) is 3.10. The molecule has 0 bridgehead atoms. The zero-order chi connectivity index (χ0) is 11.1. The van der Waals surface area contributed by atoms with Crippen LogP contribution in [0.25, 0.3) is 0 Å². The summed E-state index contributed by atoms with van der Waals surface area (Å²) in [5.74, 6) is 0.710. The summed E-state index contributed by atoms with van der Waals surface area (Å²) < 4.78 is 6.27. The van der Waals surface area contributed by atoms with Gasteiger partial charge in [-0.15, -0.1) is 0 Å². The molecule has 1 aliphatic rings. The van der Waals surface area contributed by atoms with Crippen LogP contribution in [0.5, 0.6) is 0 Å². The lowest BCUT2D eigenvalue weighted by Crippen LogP contribution is -2.38. The first-order chi connectivity index (χ1) is 7.09. The molecule has 0 N–H and O–H groups in total. The van der Waals surface area contributed by atoms with Gasteiger partial charge in [-0.25, -0.2) is 9.97 Å². The molecular formula is C10H12BrClN2O. The largest absolute Gasteiger partial charge is 0.370 e. The zero-order valence-corrected chi connectivity index (χ0v) is 11.0. The minimum atomic E-state index is -0.297. The third kappa shape index (κ3) is 1.79. The number of aryl methyl sites for hydroxylation is 1. The van der Waals surface area contributed by atoms with E-state index in [0.717, 1.165) is 29.4 Å². The number of halogens is 2. The van der Waals surface area contributed by atoms with E-state index < -0.39 is 0 Å². The molecule has 1 aromatic heterocycles. The second kappa shape index (κ2) is 4.00. The molecule has 1 fully saturated rings. The van der Waals surface area contributed by atoms with Gasteiger partial charge in [0.05, 0.1) is 10.2 Å². The summed E-state index contributed by atoms with van der Waals surface area (Å²) in [5, 5.41) is 0.459. The summed E-state index contributed by atoms with van der Waals surface area (Å²) in [4.78, 5) is 8.71. The Labute approximate surface area is 102 Å². The molecule has 15 heavy (non-hydrogen) atoms. The second-order valence-electron chi connectivity index (χ2n) is 3.79. The van der Waals surface area contributed by atoms with Crippen LogP contribution in [-0.2, 0) is 10.3 Å². The first-order valence-corrected chi connectivity index (χ1v) is 6.01. The van der Waals surface area contributed by atoms with Gasteiger partial charge in [-0.1, -0.05) is 11.6 Å². The summed E-state index contributed by atoms with van der Waals surface area (Å²) >= 11 is 9.35. The maximum absolute atomic E-state index is 6.01. The molecule has 3 nitrogen and oxygen atoms in total. The summed E-state index contributed by atoms with van der Waals surface area (Å²) in [6, 6.07) is 0. The zero-order valence-electron chi connectivity index (χ0n) is 8.68. The molecule has 0 aliphatic heterocycles. The quantitative estimate of drug-likeness (QED) is 0.785. The average Bonchev–Trinajstić information content (AvgIpc) is 2.13. The number of hydrogen-bond acceptors (Lipinski definition) is 3. The molecule has 1 saturated carbocycles. The van der Waals surface area contributed by atoms with E-state index in [2.05, 4.69) is 25.9 Å². The number of nitrogens with zero attached hydrogens (tertiary/aromatic N) is 2. The monoisotopic (exact) mass is 290 g/mol. The summed E-state index contributed by atoms with van der Waals surface area (Å²) in [6.45, 7) is 1.91. The molecule has 0 amide bonds. The number of hydrogen-bond donors (Lipinski definition) is 0. The first kappa shape index (κ1) is 11.3. The standard InChI is InChI=1S/C10H12BrClN2O/c1-6-7(11)8(12)14-9(13-6)10(15-2)4-3-5-10/h3-5H2,1-2H3. The van der Waals surface area contributed by atoms with Crippen LogP contribution in [0.4, 0.5) is 0 Å². The minimum Gasteiger partial charge on any atom is -0.370 e. The predicted octanol–water partition coefficient (Wildman–Crippen LogP) is 3.23. The Morgan fingerprint density at radius 1 is 1.40 bits per heavy atom. The van der Waals surface area contributed by atoms with Gasteiger partial charge in [0.15, 0.2) is 5.82 Å². The summed E-state index contributed by atoms with van der Waals surface area (Å²) in [5.41, 5.74) is 0.558. The van der Waals surface area contributed by atoms with Gasteiger partial charge in [0.1, 0.15) is 10.8 Å². The van der Waals surface area contributed by atoms with Crippen LogP contribution in [0.15, 0.2) is 4.47 Å². The lowest BCUT2D eigenvalue weighted by Gasteiger charge is -2.38. The molecule has 2 rings (SSSR count). The highest BCUT2D eigenvalue weighted by molar-refractivity contribution is 9.10. The van der Waals surface area contributed by atoms with Crippen LogP contribution in [0.3, 0.4) is 0 Å². The first-order valence-electron chi connectivity index (χ1n) is 4.84. The molecule has 0 radical (unpaired) electrons. The Hall–Kier alpha value is -0.190. The van der Waals surface area contributed by atoms with Crippen molar-refractivity contribution in [2.24, 2.45) is 0 Å². The Morgan fingerprint density at radius 2 is 2.07 bits per heavy atom. The SMILES string of the molecule is COC1(c2nc(C)c(Br)c(Cl)n2)CCC1. The van der Waals surface area contributed by atoms with E-state index in [1.165, 1.54) is 0 Å². The topological polar surface area (TPSA) is 35.0 Å². The van der Waals surface area contributed by atoms with Gasteiger partial charge in [0.25, 0.3) is 0 Å². The van der Waals surface area contributed by atoms with Gasteiger partial charge in [0, 0.05) is 7.11 Å². The molecule has 1 aromatic rings. The molecule has 5 heteroatoms. The van der Waals surface area contributed by atoms with Crippen molar-refractivity contribution in [3.05, 3.63) is 21.1 Å². The van der Waals surface area contributed by atoms with E-state index in [1.807, 2.05) is 6.92 Å². The third-order valence-corrected chi connectivity index (χ3v) is 4.39. The Bertz CT molecular complexity index is 364. The molecule has 1 aliphatic carbocycles. The van der Waals surface area contributed by atoms with Crippen LogP contribution in [0.2, 0.25) is 5.15 Å². The van der Waals surface area contributed by atoms with E-state index >= 15 is 0 Å². The number of rotatable bonds is 2. The Morgan fingerprint density at radius 3 is 2.47 bits per heavy atom. The van der Waals surface area contributed by atoms with Crippen molar-refractivity contribution in [1.82, 2.24) is 9.97 Å². The van der Waals surface area contributed by atoms with Crippen LogP contribution in [0, 0.1) is 6.92 Å². The van der Waals surface area contributed by atoms with Crippen molar-refractivity contribution >= 4 is 27.5 Å². The lowest BCUT2D eigenvalue weighted by molar-refractivity contribution is -0.0847. The van der Waals surface area contributed by atoms with Gasteiger partial charge in [-0.3, -0.25) is 0 Å². The fraction of sp³-hybridized carbons (Fsp3) is 0.600. The van der Waals surface area contributed by atoms with E-state index in [0.29, 0.717) is 11.0 Å². The maximum atomic E-state index is 6.01. The summed E-state index contributed by atoms with van der Waals surface area (Å²) in [7, 11) is 1.70. The average molecular weight is 292 g/mol. The molecule has 0 atom stereocenters. The normalized spacial score (nSPS) is 18.7. The highest BCUT2D eigenvalue weighted by Crippen LogP contribution is 2.43.